The van der Waals surface area contributed by atoms with E-state index in [1.54, 1.807) is 13.8 Å². The summed E-state index contributed by atoms with van der Waals surface area (Å²) >= 11 is 1.31. The third-order valence-electron chi connectivity index (χ3n) is 3.53. The molecule has 1 aromatic carbocycles. The molecule has 0 aliphatic carbocycles. The Kier molecular flexibility index (Phi) is 6.26. The zero-order chi connectivity index (χ0) is 18.6. The second-order valence-corrected chi connectivity index (χ2v) is 8.54. The van der Waals surface area contributed by atoms with Gasteiger partial charge in [-0.2, -0.15) is 0 Å². The molecule has 0 atom stereocenters. The monoisotopic (exact) mass is 382 g/mol. The van der Waals surface area contributed by atoms with Crippen LogP contribution in [0.1, 0.15) is 35.0 Å². The van der Waals surface area contributed by atoms with Gasteiger partial charge in [-0.1, -0.05) is 36.0 Å². The molecule has 0 aliphatic rings. The summed E-state index contributed by atoms with van der Waals surface area (Å²) in [6.07, 6.45) is 0.771. The fraction of sp³-hybridized carbons (Fsp3) is 0.438. The van der Waals surface area contributed by atoms with Crippen molar-refractivity contribution in [1.29, 1.82) is 0 Å². The number of benzene rings is 1. The van der Waals surface area contributed by atoms with Crippen molar-refractivity contribution in [1.82, 2.24) is 14.9 Å². The van der Waals surface area contributed by atoms with E-state index in [2.05, 4.69) is 20.2 Å². The standard InChI is InChI=1S/C16H22N4O3S2/c1-5-14-19-20-16(24-14)18-13(21)6-7-17-25(22,23)15-11(3)8-10(2)9-12(15)4/h8-9,17H,5-7H2,1-4H3,(H,18,20,21). The fourth-order valence-electron chi connectivity index (χ4n) is 2.59. The number of nitrogens with one attached hydrogen (secondary N) is 2. The van der Waals surface area contributed by atoms with Crippen molar-refractivity contribution in [2.75, 3.05) is 11.9 Å². The Bertz CT molecular complexity index is 852. The van der Waals surface area contributed by atoms with Crippen LogP contribution in [0.5, 0.6) is 0 Å². The van der Waals surface area contributed by atoms with E-state index in [0.29, 0.717) is 16.3 Å². The van der Waals surface area contributed by atoms with E-state index in [9.17, 15) is 13.2 Å². The summed E-state index contributed by atoms with van der Waals surface area (Å²) in [6.45, 7) is 7.42. The van der Waals surface area contributed by atoms with E-state index in [0.717, 1.165) is 17.0 Å². The van der Waals surface area contributed by atoms with Gasteiger partial charge in [0.2, 0.25) is 21.1 Å². The number of anilines is 1. The Labute approximate surface area is 151 Å². The second-order valence-electron chi connectivity index (χ2n) is 5.78. The first-order valence-corrected chi connectivity index (χ1v) is 10.2. The van der Waals surface area contributed by atoms with Crippen LogP contribution in [-0.2, 0) is 21.2 Å². The Morgan fingerprint density at radius 2 is 1.80 bits per heavy atom. The van der Waals surface area contributed by atoms with Crippen molar-refractivity contribution < 1.29 is 13.2 Å². The summed E-state index contributed by atoms with van der Waals surface area (Å²) < 4.78 is 27.5. The van der Waals surface area contributed by atoms with E-state index in [-0.39, 0.29) is 23.8 Å². The molecule has 0 saturated carbocycles. The molecule has 25 heavy (non-hydrogen) atoms. The summed E-state index contributed by atoms with van der Waals surface area (Å²) in [5.74, 6) is -0.307. The van der Waals surface area contributed by atoms with Gasteiger partial charge in [-0.15, -0.1) is 10.2 Å². The average Bonchev–Trinajstić information content (AvgIpc) is 2.93. The van der Waals surface area contributed by atoms with Crippen molar-refractivity contribution in [3.05, 3.63) is 33.8 Å². The van der Waals surface area contributed by atoms with Gasteiger partial charge in [0, 0.05) is 13.0 Å². The molecule has 1 heterocycles. The predicted molar refractivity (Wildman–Crippen MR) is 98.4 cm³/mol. The Morgan fingerprint density at radius 1 is 1.16 bits per heavy atom. The van der Waals surface area contributed by atoms with Crippen LogP contribution in [0.15, 0.2) is 17.0 Å². The van der Waals surface area contributed by atoms with Crippen LogP contribution in [0.3, 0.4) is 0 Å². The van der Waals surface area contributed by atoms with Gasteiger partial charge in [0.05, 0.1) is 4.90 Å². The Hall–Kier alpha value is -1.84. The lowest BCUT2D eigenvalue weighted by atomic mass is 10.1. The van der Waals surface area contributed by atoms with Crippen LogP contribution < -0.4 is 10.0 Å². The van der Waals surface area contributed by atoms with Crippen LogP contribution >= 0.6 is 11.3 Å². The van der Waals surface area contributed by atoms with Gasteiger partial charge in [-0.25, -0.2) is 13.1 Å². The normalized spacial score (nSPS) is 11.5. The summed E-state index contributed by atoms with van der Waals surface area (Å²) in [5, 5.41) is 11.7. The Balaban J connectivity index is 1.95. The molecule has 0 saturated heterocycles. The number of rotatable bonds is 7. The average molecular weight is 383 g/mol. The molecular formula is C16H22N4O3S2. The number of aromatic nitrogens is 2. The first-order valence-electron chi connectivity index (χ1n) is 7.92. The molecule has 9 heteroatoms. The van der Waals surface area contributed by atoms with Crippen LogP contribution in [0.25, 0.3) is 0 Å². The van der Waals surface area contributed by atoms with E-state index in [1.165, 1.54) is 11.3 Å². The molecular weight excluding hydrogens is 360 g/mol. The van der Waals surface area contributed by atoms with E-state index < -0.39 is 10.0 Å². The molecule has 2 rings (SSSR count). The molecule has 0 radical (unpaired) electrons. The number of carbonyl (C=O) groups excluding carboxylic acids is 1. The van der Waals surface area contributed by atoms with Crippen molar-refractivity contribution >= 4 is 32.4 Å². The van der Waals surface area contributed by atoms with Gasteiger partial charge in [0.15, 0.2) is 0 Å². The quantitative estimate of drug-likeness (QED) is 0.765. The van der Waals surface area contributed by atoms with Crippen molar-refractivity contribution in [3.63, 3.8) is 0 Å². The first-order chi connectivity index (χ1) is 11.7. The lowest BCUT2D eigenvalue weighted by Crippen LogP contribution is -2.29. The highest BCUT2D eigenvalue weighted by Crippen LogP contribution is 2.21. The number of hydrogen-bond donors (Lipinski definition) is 2. The maximum atomic E-state index is 12.5. The summed E-state index contributed by atoms with van der Waals surface area (Å²) in [7, 11) is -3.66. The van der Waals surface area contributed by atoms with Crippen LogP contribution in [0, 0.1) is 20.8 Å². The molecule has 2 N–H and O–H groups in total. The largest absolute Gasteiger partial charge is 0.300 e. The van der Waals surface area contributed by atoms with E-state index in [1.807, 2.05) is 26.0 Å². The Morgan fingerprint density at radius 3 is 2.36 bits per heavy atom. The SMILES string of the molecule is CCc1nnc(NC(=O)CCNS(=O)(=O)c2c(C)cc(C)cc2C)s1. The molecule has 0 aliphatic heterocycles. The third kappa shape index (κ3) is 5.07. The van der Waals surface area contributed by atoms with Gasteiger partial charge in [0.25, 0.3) is 0 Å². The number of nitrogens with zero attached hydrogens (tertiary/aromatic N) is 2. The first kappa shape index (κ1) is 19.5. The minimum Gasteiger partial charge on any atom is -0.300 e. The predicted octanol–water partition coefficient (Wildman–Crippen LogP) is 2.33. The third-order valence-corrected chi connectivity index (χ3v) is 6.28. The van der Waals surface area contributed by atoms with Crippen molar-refractivity contribution in [2.24, 2.45) is 0 Å². The lowest BCUT2D eigenvalue weighted by Gasteiger charge is -2.13. The van der Waals surface area contributed by atoms with Gasteiger partial charge in [-0.05, 0) is 38.3 Å². The van der Waals surface area contributed by atoms with E-state index >= 15 is 0 Å². The topological polar surface area (TPSA) is 101 Å². The smallest absolute Gasteiger partial charge is 0.241 e. The highest BCUT2D eigenvalue weighted by atomic mass is 32.2. The minimum atomic E-state index is -3.66. The molecule has 1 aromatic heterocycles. The highest BCUT2D eigenvalue weighted by molar-refractivity contribution is 7.89. The maximum Gasteiger partial charge on any atom is 0.241 e. The number of sulfonamides is 1. The summed E-state index contributed by atoms with van der Waals surface area (Å²) in [4.78, 5) is 12.2. The van der Waals surface area contributed by atoms with Crippen LogP contribution in [0.4, 0.5) is 5.13 Å². The molecule has 136 valence electrons. The molecule has 0 bridgehead atoms. The van der Waals surface area contributed by atoms with Gasteiger partial charge in [-0.3, -0.25) is 4.79 Å². The molecule has 2 aromatic rings. The maximum absolute atomic E-state index is 12.5. The molecule has 0 unspecified atom stereocenters. The zero-order valence-corrected chi connectivity index (χ0v) is 16.3. The number of amides is 1. The molecule has 0 spiro atoms. The van der Waals surface area contributed by atoms with Gasteiger partial charge >= 0.3 is 0 Å². The molecule has 0 fully saturated rings. The minimum absolute atomic E-state index is 0.0142. The number of aryl methyl sites for hydroxylation is 4. The van der Waals surface area contributed by atoms with Crippen LogP contribution in [0.2, 0.25) is 0 Å². The number of carbonyl (C=O) groups is 1. The van der Waals surface area contributed by atoms with Gasteiger partial charge < -0.3 is 5.32 Å². The molecule has 7 nitrogen and oxygen atoms in total. The number of hydrogen-bond acceptors (Lipinski definition) is 6. The van der Waals surface area contributed by atoms with Gasteiger partial charge in [0.1, 0.15) is 5.01 Å². The lowest BCUT2D eigenvalue weighted by molar-refractivity contribution is -0.116. The van der Waals surface area contributed by atoms with Crippen LogP contribution in [-0.4, -0.2) is 31.1 Å². The van der Waals surface area contributed by atoms with E-state index in [4.69, 9.17) is 0 Å². The fourth-order valence-corrected chi connectivity index (χ4v) is 4.77. The summed E-state index contributed by atoms with van der Waals surface area (Å²) in [6, 6.07) is 3.66. The van der Waals surface area contributed by atoms with Crippen molar-refractivity contribution in [2.45, 2.75) is 45.4 Å². The zero-order valence-electron chi connectivity index (χ0n) is 14.7. The highest BCUT2D eigenvalue weighted by Gasteiger charge is 2.20. The summed E-state index contributed by atoms with van der Waals surface area (Å²) in [5.41, 5.74) is 2.39. The molecule has 1 amide bonds. The van der Waals surface area contributed by atoms with Crippen molar-refractivity contribution in [3.8, 4) is 0 Å². The second kappa shape index (κ2) is 8.03.